The fraction of sp³-hybridized carbons (Fsp3) is 0.333. The van der Waals surface area contributed by atoms with Gasteiger partial charge in [-0.2, -0.15) is 4.31 Å². The molecule has 3 rings (SSSR count). The van der Waals surface area contributed by atoms with Gasteiger partial charge in [0, 0.05) is 32.7 Å². The Morgan fingerprint density at radius 2 is 1.48 bits per heavy atom. The van der Waals surface area contributed by atoms with Gasteiger partial charge >= 0.3 is 0 Å². The van der Waals surface area contributed by atoms with Gasteiger partial charge < -0.3 is 4.90 Å². The molecule has 2 aromatic rings. The van der Waals surface area contributed by atoms with Crippen LogP contribution in [0, 0.1) is 0 Å². The van der Waals surface area contributed by atoms with Gasteiger partial charge in [0.25, 0.3) is 0 Å². The summed E-state index contributed by atoms with van der Waals surface area (Å²) in [5, 5.41) is 0.281. The summed E-state index contributed by atoms with van der Waals surface area (Å²) in [5.41, 5.74) is 1.31. The van der Waals surface area contributed by atoms with Crippen molar-refractivity contribution < 1.29 is 8.42 Å². The SMILES string of the molecule is Cl.O=S(=O)(c1ccccc1Cl)N1CCN(CCc2ccccc2)CC1. The van der Waals surface area contributed by atoms with E-state index in [1.54, 1.807) is 24.3 Å². The predicted molar refractivity (Wildman–Crippen MR) is 104 cm³/mol. The molecule has 1 saturated heterocycles. The van der Waals surface area contributed by atoms with E-state index in [0.717, 1.165) is 26.1 Å². The Kier molecular flexibility index (Phi) is 7.28. The molecular formula is C18H22Cl2N2O2S. The molecular weight excluding hydrogens is 379 g/mol. The first-order valence-corrected chi connectivity index (χ1v) is 9.90. The highest BCUT2D eigenvalue weighted by Gasteiger charge is 2.29. The molecule has 1 heterocycles. The zero-order valence-corrected chi connectivity index (χ0v) is 16.2. The molecule has 1 aliphatic heterocycles. The minimum absolute atomic E-state index is 0. The molecule has 1 fully saturated rings. The first-order chi connectivity index (χ1) is 11.6. The monoisotopic (exact) mass is 400 g/mol. The van der Waals surface area contributed by atoms with Crippen LogP contribution in [-0.4, -0.2) is 50.3 Å². The van der Waals surface area contributed by atoms with Crippen LogP contribution in [0.2, 0.25) is 5.02 Å². The Bertz CT molecular complexity index is 777. The normalized spacial score (nSPS) is 16.4. The lowest BCUT2D eigenvalue weighted by molar-refractivity contribution is 0.190. The third kappa shape index (κ3) is 4.96. The molecule has 0 unspecified atom stereocenters. The fourth-order valence-electron chi connectivity index (χ4n) is 2.92. The first kappa shape index (κ1) is 20.2. The maximum Gasteiger partial charge on any atom is 0.244 e. The van der Waals surface area contributed by atoms with Crippen molar-refractivity contribution in [2.45, 2.75) is 11.3 Å². The summed E-state index contributed by atoms with van der Waals surface area (Å²) in [7, 11) is -3.51. The number of hydrogen-bond donors (Lipinski definition) is 0. The van der Waals surface area contributed by atoms with E-state index < -0.39 is 10.0 Å². The summed E-state index contributed by atoms with van der Waals surface area (Å²) >= 11 is 6.06. The van der Waals surface area contributed by atoms with Gasteiger partial charge in [-0.1, -0.05) is 54.1 Å². The van der Waals surface area contributed by atoms with Gasteiger partial charge in [0.05, 0.1) is 5.02 Å². The van der Waals surface area contributed by atoms with Gasteiger partial charge in [0.15, 0.2) is 0 Å². The molecule has 0 radical (unpaired) electrons. The second-order valence-corrected chi connectivity index (χ2v) is 8.23. The zero-order valence-electron chi connectivity index (χ0n) is 13.8. The van der Waals surface area contributed by atoms with Gasteiger partial charge in [-0.15, -0.1) is 12.4 Å². The van der Waals surface area contributed by atoms with Crippen LogP contribution in [0.1, 0.15) is 5.56 Å². The van der Waals surface area contributed by atoms with Gasteiger partial charge in [-0.3, -0.25) is 0 Å². The Morgan fingerprint density at radius 1 is 0.880 bits per heavy atom. The van der Waals surface area contributed by atoms with E-state index in [9.17, 15) is 8.42 Å². The van der Waals surface area contributed by atoms with E-state index in [2.05, 4.69) is 17.0 Å². The van der Waals surface area contributed by atoms with Gasteiger partial charge in [-0.25, -0.2) is 8.42 Å². The van der Waals surface area contributed by atoms with Crippen LogP contribution in [-0.2, 0) is 16.4 Å². The number of halogens is 2. The van der Waals surface area contributed by atoms with Crippen molar-refractivity contribution in [3.63, 3.8) is 0 Å². The number of hydrogen-bond acceptors (Lipinski definition) is 3. The van der Waals surface area contributed by atoms with Crippen LogP contribution in [0.3, 0.4) is 0 Å². The second-order valence-electron chi connectivity index (χ2n) is 5.91. The van der Waals surface area contributed by atoms with Crippen molar-refractivity contribution in [1.82, 2.24) is 9.21 Å². The molecule has 25 heavy (non-hydrogen) atoms. The van der Waals surface area contributed by atoms with Crippen molar-refractivity contribution in [2.24, 2.45) is 0 Å². The molecule has 0 atom stereocenters. The van der Waals surface area contributed by atoms with Crippen molar-refractivity contribution in [3.8, 4) is 0 Å². The van der Waals surface area contributed by atoms with E-state index in [1.807, 2.05) is 18.2 Å². The second kappa shape index (κ2) is 9.01. The lowest BCUT2D eigenvalue weighted by Gasteiger charge is -2.34. The number of piperazine rings is 1. The van der Waals surface area contributed by atoms with Gasteiger partial charge in [-0.05, 0) is 24.1 Å². The number of rotatable bonds is 5. The van der Waals surface area contributed by atoms with Gasteiger partial charge in [0.1, 0.15) is 4.90 Å². The molecule has 0 aliphatic carbocycles. The van der Waals surface area contributed by atoms with Crippen LogP contribution in [0.25, 0.3) is 0 Å². The molecule has 0 N–H and O–H groups in total. The van der Waals surface area contributed by atoms with E-state index in [1.165, 1.54) is 9.87 Å². The minimum Gasteiger partial charge on any atom is -0.300 e. The molecule has 0 bridgehead atoms. The molecule has 7 heteroatoms. The molecule has 0 aromatic heterocycles. The first-order valence-electron chi connectivity index (χ1n) is 8.08. The van der Waals surface area contributed by atoms with Crippen molar-refractivity contribution >= 4 is 34.0 Å². The number of sulfonamides is 1. The third-order valence-electron chi connectivity index (χ3n) is 4.35. The zero-order chi connectivity index (χ0) is 17.0. The third-order valence-corrected chi connectivity index (χ3v) is 6.74. The maximum atomic E-state index is 12.7. The van der Waals surface area contributed by atoms with Crippen LogP contribution in [0.15, 0.2) is 59.5 Å². The molecule has 0 saturated carbocycles. The number of benzene rings is 2. The van der Waals surface area contributed by atoms with E-state index in [-0.39, 0.29) is 22.3 Å². The van der Waals surface area contributed by atoms with Crippen LogP contribution < -0.4 is 0 Å². The fourth-order valence-corrected chi connectivity index (χ4v) is 4.83. The Balaban J connectivity index is 0.00000225. The summed E-state index contributed by atoms with van der Waals surface area (Å²) in [6, 6.07) is 17.0. The van der Waals surface area contributed by atoms with Crippen LogP contribution in [0.4, 0.5) is 0 Å². The maximum absolute atomic E-state index is 12.7. The molecule has 136 valence electrons. The summed E-state index contributed by atoms with van der Waals surface area (Å²) in [5.74, 6) is 0. The van der Waals surface area contributed by atoms with Crippen molar-refractivity contribution in [1.29, 1.82) is 0 Å². The highest BCUT2D eigenvalue weighted by atomic mass is 35.5. The number of nitrogens with zero attached hydrogens (tertiary/aromatic N) is 2. The van der Waals surface area contributed by atoms with E-state index in [0.29, 0.717) is 13.1 Å². The lowest BCUT2D eigenvalue weighted by atomic mass is 10.1. The van der Waals surface area contributed by atoms with Crippen LogP contribution in [0.5, 0.6) is 0 Å². The van der Waals surface area contributed by atoms with Gasteiger partial charge in [0.2, 0.25) is 10.0 Å². The molecule has 2 aromatic carbocycles. The highest BCUT2D eigenvalue weighted by molar-refractivity contribution is 7.89. The lowest BCUT2D eigenvalue weighted by Crippen LogP contribution is -2.49. The summed E-state index contributed by atoms with van der Waals surface area (Å²) in [6.45, 7) is 3.45. The molecule has 0 amide bonds. The Hall–Kier alpha value is -1.11. The standard InChI is InChI=1S/C18H21ClN2O2S.ClH/c19-17-8-4-5-9-18(17)24(22,23)21-14-12-20(13-15-21)11-10-16-6-2-1-3-7-16;/h1-9H,10-15H2;1H. The largest absolute Gasteiger partial charge is 0.300 e. The molecule has 1 aliphatic rings. The quantitative estimate of drug-likeness (QED) is 0.772. The minimum atomic E-state index is -3.51. The Morgan fingerprint density at radius 3 is 2.12 bits per heavy atom. The Labute approximate surface area is 160 Å². The topological polar surface area (TPSA) is 40.6 Å². The van der Waals surface area contributed by atoms with Crippen LogP contribution >= 0.6 is 24.0 Å². The smallest absolute Gasteiger partial charge is 0.244 e. The average Bonchev–Trinajstić information content (AvgIpc) is 2.61. The van der Waals surface area contributed by atoms with Crippen molar-refractivity contribution in [2.75, 3.05) is 32.7 Å². The van der Waals surface area contributed by atoms with E-state index in [4.69, 9.17) is 11.6 Å². The highest BCUT2D eigenvalue weighted by Crippen LogP contribution is 2.25. The summed E-state index contributed by atoms with van der Waals surface area (Å²) < 4.78 is 27.0. The van der Waals surface area contributed by atoms with Crippen molar-refractivity contribution in [3.05, 3.63) is 65.2 Å². The van der Waals surface area contributed by atoms with E-state index >= 15 is 0 Å². The molecule has 0 spiro atoms. The summed E-state index contributed by atoms with van der Waals surface area (Å²) in [6.07, 6.45) is 0.984. The molecule has 4 nitrogen and oxygen atoms in total. The summed E-state index contributed by atoms with van der Waals surface area (Å²) in [4.78, 5) is 2.51. The average molecular weight is 401 g/mol. The predicted octanol–water partition coefficient (Wildman–Crippen LogP) is 3.31.